The van der Waals surface area contributed by atoms with E-state index in [-0.39, 0.29) is 30.0 Å². The van der Waals surface area contributed by atoms with Gasteiger partial charge in [-0.15, -0.1) is 12.4 Å². The Hall–Kier alpha value is -2.31. The van der Waals surface area contributed by atoms with Crippen LogP contribution in [0.5, 0.6) is 0 Å². The van der Waals surface area contributed by atoms with Crippen LogP contribution in [-0.4, -0.2) is 17.9 Å². The summed E-state index contributed by atoms with van der Waals surface area (Å²) in [5, 5.41) is 5.46. The SMILES string of the molecule is CC(C)C[C@H](N)C(=O)Nc1ccc(NC(=O)c2ccco2)cc1.Cl. The van der Waals surface area contributed by atoms with Crippen molar-refractivity contribution in [3.63, 3.8) is 0 Å². The van der Waals surface area contributed by atoms with Gasteiger partial charge in [-0.05, 0) is 48.7 Å². The third kappa shape index (κ3) is 5.72. The maximum absolute atomic E-state index is 11.9. The summed E-state index contributed by atoms with van der Waals surface area (Å²) in [6.07, 6.45) is 2.07. The molecule has 1 aromatic heterocycles. The second-order valence-corrected chi connectivity index (χ2v) is 5.73. The van der Waals surface area contributed by atoms with Gasteiger partial charge in [0, 0.05) is 11.4 Å². The summed E-state index contributed by atoms with van der Waals surface area (Å²) in [6.45, 7) is 4.03. The molecule has 0 aliphatic rings. The van der Waals surface area contributed by atoms with Crippen molar-refractivity contribution in [3.8, 4) is 0 Å². The average Bonchev–Trinajstić information content (AvgIpc) is 3.03. The van der Waals surface area contributed by atoms with E-state index >= 15 is 0 Å². The number of hydrogen-bond donors (Lipinski definition) is 3. The van der Waals surface area contributed by atoms with Crippen LogP contribution in [0.4, 0.5) is 11.4 Å². The van der Waals surface area contributed by atoms with Crippen LogP contribution in [0.25, 0.3) is 0 Å². The maximum Gasteiger partial charge on any atom is 0.291 e. The summed E-state index contributed by atoms with van der Waals surface area (Å²) in [7, 11) is 0. The lowest BCUT2D eigenvalue weighted by Gasteiger charge is -2.14. The molecule has 1 aromatic carbocycles. The molecule has 2 aromatic rings. The van der Waals surface area contributed by atoms with Gasteiger partial charge in [0.25, 0.3) is 5.91 Å². The zero-order valence-electron chi connectivity index (χ0n) is 13.6. The number of carbonyl (C=O) groups excluding carboxylic acids is 2. The van der Waals surface area contributed by atoms with E-state index in [4.69, 9.17) is 10.2 Å². The van der Waals surface area contributed by atoms with E-state index in [0.29, 0.717) is 23.7 Å². The van der Waals surface area contributed by atoms with E-state index in [1.54, 1.807) is 36.4 Å². The first-order chi connectivity index (χ1) is 11.0. The molecular formula is C17H22ClN3O3. The molecule has 6 nitrogen and oxygen atoms in total. The number of benzene rings is 1. The van der Waals surface area contributed by atoms with Gasteiger partial charge in [0.15, 0.2) is 5.76 Å². The predicted octanol–water partition coefficient (Wildman–Crippen LogP) is 3.27. The van der Waals surface area contributed by atoms with Gasteiger partial charge in [-0.2, -0.15) is 0 Å². The Balaban J connectivity index is 0.00000288. The van der Waals surface area contributed by atoms with Crippen molar-refractivity contribution in [3.05, 3.63) is 48.4 Å². The fraction of sp³-hybridized carbons (Fsp3) is 0.294. The van der Waals surface area contributed by atoms with Crippen LogP contribution in [0.1, 0.15) is 30.8 Å². The predicted molar refractivity (Wildman–Crippen MR) is 96.4 cm³/mol. The van der Waals surface area contributed by atoms with E-state index < -0.39 is 6.04 Å². The molecule has 0 radical (unpaired) electrons. The molecule has 0 saturated carbocycles. The summed E-state index contributed by atoms with van der Waals surface area (Å²) >= 11 is 0. The number of anilines is 2. The van der Waals surface area contributed by atoms with Crippen LogP contribution < -0.4 is 16.4 Å². The Bertz CT molecular complexity index is 654. The summed E-state index contributed by atoms with van der Waals surface area (Å²) in [6, 6.07) is 9.51. The molecule has 0 unspecified atom stereocenters. The first-order valence-electron chi connectivity index (χ1n) is 7.47. The Kier molecular flexibility index (Phi) is 7.48. The van der Waals surface area contributed by atoms with E-state index in [1.807, 2.05) is 13.8 Å². The molecule has 0 bridgehead atoms. The van der Waals surface area contributed by atoms with Crippen LogP contribution >= 0.6 is 12.4 Å². The minimum absolute atomic E-state index is 0. The van der Waals surface area contributed by atoms with E-state index in [9.17, 15) is 9.59 Å². The molecule has 0 aliphatic carbocycles. The van der Waals surface area contributed by atoms with Crippen LogP contribution in [0.3, 0.4) is 0 Å². The van der Waals surface area contributed by atoms with Crippen LogP contribution in [0.15, 0.2) is 47.1 Å². The van der Waals surface area contributed by atoms with Crippen molar-refractivity contribution >= 4 is 35.6 Å². The molecule has 2 amide bonds. The summed E-state index contributed by atoms with van der Waals surface area (Å²) in [5.41, 5.74) is 7.07. The normalized spacial score (nSPS) is 11.5. The van der Waals surface area contributed by atoms with Crippen molar-refractivity contribution in [2.24, 2.45) is 11.7 Å². The minimum Gasteiger partial charge on any atom is -0.459 e. The van der Waals surface area contributed by atoms with Crippen molar-refractivity contribution in [2.45, 2.75) is 26.3 Å². The molecule has 0 saturated heterocycles. The summed E-state index contributed by atoms with van der Waals surface area (Å²) in [4.78, 5) is 23.8. The highest BCUT2D eigenvalue weighted by Gasteiger charge is 2.15. The third-order valence-corrected chi connectivity index (χ3v) is 3.22. The number of rotatable bonds is 6. The van der Waals surface area contributed by atoms with Crippen molar-refractivity contribution in [2.75, 3.05) is 10.6 Å². The molecule has 0 fully saturated rings. The lowest BCUT2D eigenvalue weighted by molar-refractivity contribution is -0.117. The highest BCUT2D eigenvalue weighted by molar-refractivity contribution is 6.02. The number of nitrogens with one attached hydrogen (secondary N) is 2. The van der Waals surface area contributed by atoms with Gasteiger partial charge in [-0.25, -0.2) is 0 Å². The minimum atomic E-state index is -0.534. The molecule has 7 heteroatoms. The van der Waals surface area contributed by atoms with Gasteiger partial charge in [0.1, 0.15) is 0 Å². The Morgan fingerprint density at radius 1 is 1.08 bits per heavy atom. The molecule has 0 spiro atoms. The number of furan rings is 1. The second kappa shape index (κ2) is 9.10. The number of hydrogen-bond acceptors (Lipinski definition) is 4. The maximum atomic E-state index is 11.9. The van der Waals surface area contributed by atoms with Crippen LogP contribution in [-0.2, 0) is 4.79 Å². The van der Waals surface area contributed by atoms with Gasteiger partial charge in [0.2, 0.25) is 5.91 Å². The van der Waals surface area contributed by atoms with E-state index in [0.717, 1.165) is 0 Å². The van der Waals surface area contributed by atoms with Gasteiger partial charge in [-0.1, -0.05) is 13.8 Å². The molecule has 2 rings (SSSR count). The zero-order valence-corrected chi connectivity index (χ0v) is 14.4. The fourth-order valence-corrected chi connectivity index (χ4v) is 2.09. The quantitative estimate of drug-likeness (QED) is 0.744. The standard InChI is InChI=1S/C17H21N3O3.ClH/c1-11(2)10-14(18)16(21)19-12-5-7-13(8-6-12)20-17(22)15-4-3-9-23-15;/h3-9,11,14H,10,18H2,1-2H3,(H,19,21)(H,20,22);1H/t14-;/m0./s1. The molecule has 1 heterocycles. The third-order valence-electron chi connectivity index (χ3n) is 3.22. The van der Waals surface area contributed by atoms with Crippen molar-refractivity contribution < 1.29 is 14.0 Å². The van der Waals surface area contributed by atoms with Crippen LogP contribution in [0.2, 0.25) is 0 Å². The molecule has 4 N–H and O–H groups in total. The summed E-state index contributed by atoms with van der Waals surface area (Å²) < 4.78 is 5.02. The smallest absolute Gasteiger partial charge is 0.291 e. The lowest BCUT2D eigenvalue weighted by Crippen LogP contribution is -2.36. The zero-order chi connectivity index (χ0) is 16.8. The number of carbonyl (C=O) groups is 2. The largest absolute Gasteiger partial charge is 0.459 e. The fourth-order valence-electron chi connectivity index (χ4n) is 2.09. The Morgan fingerprint density at radius 2 is 1.67 bits per heavy atom. The first kappa shape index (κ1) is 19.7. The lowest BCUT2D eigenvalue weighted by atomic mass is 10.0. The Labute approximate surface area is 147 Å². The number of amides is 2. The van der Waals surface area contributed by atoms with E-state index in [1.165, 1.54) is 6.26 Å². The molecule has 0 aliphatic heterocycles. The number of nitrogens with two attached hydrogens (primary N) is 1. The van der Waals surface area contributed by atoms with E-state index in [2.05, 4.69) is 10.6 Å². The molecule has 24 heavy (non-hydrogen) atoms. The van der Waals surface area contributed by atoms with Gasteiger partial charge < -0.3 is 20.8 Å². The topological polar surface area (TPSA) is 97.4 Å². The van der Waals surface area contributed by atoms with Gasteiger partial charge >= 0.3 is 0 Å². The van der Waals surface area contributed by atoms with Crippen LogP contribution in [0, 0.1) is 5.92 Å². The highest BCUT2D eigenvalue weighted by Crippen LogP contribution is 2.15. The van der Waals surface area contributed by atoms with Crippen molar-refractivity contribution in [1.29, 1.82) is 0 Å². The molecule has 1 atom stereocenters. The number of halogens is 1. The second-order valence-electron chi connectivity index (χ2n) is 5.73. The van der Waals surface area contributed by atoms with Crippen molar-refractivity contribution in [1.82, 2.24) is 0 Å². The monoisotopic (exact) mass is 351 g/mol. The molecular weight excluding hydrogens is 330 g/mol. The molecule has 130 valence electrons. The Morgan fingerprint density at radius 3 is 2.17 bits per heavy atom. The first-order valence-corrected chi connectivity index (χ1v) is 7.47. The van der Waals surface area contributed by atoms with Gasteiger partial charge in [-0.3, -0.25) is 9.59 Å². The highest BCUT2D eigenvalue weighted by atomic mass is 35.5. The summed E-state index contributed by atoms with van der Waals surface area (Å²) in [5.74, 6) is 0.0498. The average molecular weight is 352 g/mol. The van der Waals surface area contributed by atoms with Gasteiger partial charge in [0.05, 0.1) is 12.3 Å².